The van der Waals surface area contributed by atoms with E-state index < -0.39 is 0 Å². The number of hydrogen-bond donors (Lipinski definition) is 1. The lowest BCUT2D eigenvalue weighted by molar-refractivity contribution is -0.105. The summed E-state index contributed by atoms with van der Waals surface area (Å²) in [5.74, 6) is 1.19. The van der Waals surface area contributed by atoms with E-state index in [-0.39, 0.29) is 16.9 Å². The minimum Gasteiger partial charge on any atom is -0.472 e. The molecule has 0 saturated heterocycles. The van der Waals surface area contributed by atoms with E-state index in [1.165, 1.54) is 17.6 Å². The summed E-state index contributed by atoms with van der Waals surface area (Å²) in [6.45, 7) is 11.5. The van der Waals surface area contributed by atoms with Crippen molar-refractivity contribution in [3.05, 3.63) is 36.3 Å². The van der Waals surface area contributed by atoms with Crippen LogP contribution in [0.15, 0.2) is 35.2 Å². The van der Waals surface area contributed by atoms with Crippen molar-refractivity contribution < 1.29 is 9.52 Å². The zero-order valence-corrected chi connectivity index (χ0v) is 14.3. The first-order valence-corrected chi connectivity index (χ1v) is 8.70. The van der Waals surface area contributed by atoms with Gasteiger partial charge in [0.15, 0.2) is 0 Å². The minimum atomic E-state index is -0.168. The highest BCUT2D eigenvalue weighted by Gasteiger charge is 2.54. The first-order valence-electron chi connectivity index (χ1n) is 8.70. The summed E-state index contributed by atoms with van der Waals surface area (Å²) in [5, 5.41) is 10.5. The molecule has 1 N–H and O–H groups in total. The summed E-state index contributed by atoms with van der Waals surface area (Å²) in [6.07, 6.45) is 9.84. The van der Waals surface area contributed by atoms with Crippen molar-refractivity contribution in [2.45, 2.75) is 65.4 Å². The maximum absolute atomic E-state index is 10.5. The van der Waals surface area contributed by atoms with Crippen molar-refractivity contribution in [2.24, 2.45) is 22.7 Å². The van der Waals surface area contributed by atoms with E-state index in [1.807, 2.05) is 6.26 Å². The molecule has 0 spiro atoms. The number of fused-ring (bicyclic) bond motifs is 1. The van der Waals surface area contributed by atoms with E-state index in [1.54, 1.807) is 6.26 Å². The Labute approximate surface area is 134 Å². The van der Waals surface area contributed by atoms with Crippen LogP contribution in [-0.2, 0) is 6.42 Å². The number of rotatable bonds is 3. The molecule has 0 radical (unpaired) electrons. The molecule has 0 aromatic carbocycles. The standard InChI is InChI=1S/C20H30O2/c1-14-5-8-18-19(2,3)11-16(21)12-20(18,4)17(14)7-6-15-9-10-22-13-15/h9-10,13,16-18,21H,1,5-8,11-12H2,2-4H3/t16-,17+,18+,20-/m0/s1. The van der Waals surface area contributed by atoms with Crippen molar-refractivity contribution in [1.82, 2.24) is 0 Å². The van der Waals surface area contributed by atoms with Gasteiger partial charge in [-0.05, 0) is 72.8 Å². The average Bonchev–Trinajstić information content (AvgIpc) is 2.88. The van der Waals surface area contributed by atoms with Crippen LogP contribution in [-0.4, -0.2) is 11.2 Å². The molecule has 3 rings (SSSR count). The van der Waals surface area contributed by atoms with Crippen LogP contribution in [0, 0.1) is 22.7 Å². The molecule has 1 aromatic heterocycles. The summed E-state index contributed by atoms with van der Waals surface area (Å²) in [6, 6.07) is 2.06. The molecule has 1 heterocycles. The van der Waals surface area contributed by atoms with Crippen LogP contribution in [0.3, 0.4) is 0 Å². The van der Waals surface area contributed by atoms with Crippen molar-refractivity contribution in [1.29, 1.82) is 0 Å². The zero-order chi connectivity index (χ0) is 16.0. The first kappa shape index (κ1) is 15.9. The van der Waals surface area contributed by atoms with E-state index in [0.717, 1.165) is 32.1 Å². The van der Waals surface area contributed by atoms with Crippen LogP contribution >= 0.6 is 0 Å². The fraction of sp³-hybridized carbons (Fsp3) is 0.700. The monoisotopic (exact) mass is 302 g/mol. The first-order chi connectivity index (χ1) is 10.3. The molecule has 2 saturated carbocycles. The third-order valence-corrected chi connectivity index (χ3v) is 6.52. The molecular weight excluding hydrogens is 272 g/mol. The van der Waals surface area contributed by atoms with Gasteiger partial charge >= 0.3 is 0 Å². The topological polar surface area (TPSA) is 33.4 Å². The van der Waals surface area contributed by atoms with Crippen molar-refractivity contribution in [3.63, 3.8) is 0 Å². The highest BCUT2D eigenvalue weighted by atomic mass is 16.3. The van der Waals surface area contributed by atoms with Gasteiger partial charge in [0, 0.05) is 0 Å². The second kappa shape index (κ2) is 5.56. The number of hydrogen-bond acceptors (Lipinski definition) is 2. The lowest BCUT2D eigenvalue weighted by Gasteiger charge is -2.59. The number of aliphatic hydroxyl groups is 1. The van der Waals surface area contributed by atoms with E-state index in [0.29, 0.717) is 11.8 Å². The maximum atomic E-state index is 10.5. The highest BCUT2D eigenvalue weighted by Crippen LogP contribution is 2.61. The van der Waals surface area contributed by atoms with E-state index in [4.69, 9.17) is 4.42 Å². The smallest absolute Gasteiger partial charge is 0.0934 e. The Bertz CT molecular complexity index is 528. The lowest BCUT2D eigenvalue weighted by Crippen LogP contribution is -2.53. The van der Waals surface area contributed by atoms with Crippen LogP contribution in [0.5, 0.6) is 0 Å². The molecular formula is C20H30O2. The highest BCUT2D eigenvalue weighted by molar-refractivity contribution is 5.18. The maximum Gasteiger partial charge on any atom is 0.0934 e. The van der Waals surface area contributed by atoms with Gasteiger partial charge in [0.1, 0.15) is 0 Å². The molecule has 2 nitrogen and oxygen atoms in total. The molecule has 122 valence electrons. The van der Waals surface area contributed by atoms with E-state index in [2.05, 4.69) is 33.4 Å². The van der Waals surface area contributed by atoms with Gasteiger partial charge in [-0.25, -0.2) is 0 Å². The van der Waals surface area contributed by atoms with Crippen molar-refractivity contribution >= 4 is 0 Å². The number of aryl methyl sites for hydroxylation is 1. The Morgan fingerprint density at radius 1 is 1.32 bits per heavy atom. The second-order valence-corrected chi connectivity index (χ2v) is 8.53. The summed E-state index contributed by atoms with van der Waals surface area (Å²) in [4.78, 5) is 0. The average molecular weight is 302 g/mol. The van der Waals surface area contributed by atoms with E-state index in [9.17, 15) is 5.11 Å². The van der Waals surface area contributed by atoms with Crippen molar-refractivity contribution in [2.75, 3.05) is 0 Å². The summed E-state index contributed by atoms with van der Waals surface area (Å²) < 4.78 is 5.20. The Balaban J connectivity index is 1.84. The fourth-order valence-corrected chi connectivity index (χ4v) is 5.72. The minimum absolute atomic E-state index is 0.168. The second-order valence-electron chi connectivity index (χ2n) is 8.53. The summed E-state index contributed by atoms with van der Waals surface area (Å²) >= 11 is 0. The molecule has 0 bridgehead atoms. The van der Waals surface area contributed by atoms with Gasteiger partial charge in [-0.15, -0.1) is 0 Å². The predicted octanol–water partition coefficient (Wildman–Crippen LogP) is 4.98. The largest absolute Gasteiger partial charge is 0.472 e. The SMILES string of the molecule is C=C1CC[C@@H]2C(C)(C)C[C@H](O)C[C@@]2(C)[C@@H]1CCc1ccoc1. The normalized spacial score (nSPS) is 37.8. The quantitative estimate of drug-likeness (QED) is 0.799. The van der Waals surface area contributed by atoms with Crippen LogP contribution < -0.4 is 0 Å². The third kappa shape index (κ3) is 2.67. The molecule has 4 atom stereocenters. The molecule has 2 aliphatic carbocycles. The number of aliphatic hydroxyl groups excluding tert-OH is 1. The molecule has 2 heteroatoms. The predicted molar refractivity (Wildman–Crippen MR) is 89.5 cm³/mol. The Kier molecular flexibility index (Phi) is 4.01. The van der Waals surface area contributed by atoms with Crippen LogP contribution in [0.2, 0.25) is 0 Å². The molecule has 22 heavy (non-hydrogen) atoms. The summed E-state index contributed by atoms with van der Waals surface area (Å²) in [5.41, 5.74) is 3.07. The van der Waals surface area contributed by atoms with Gasteiger partial charge in [0.2, 0.25) is 0 Å². The zero-order valence-electron chi connectivity index (χ0n) is 14.3. The van der Waals surface area contributed by atoms with Gasteiger partial charge < -0.3 is 9.52 Å². The van der Waals surface area contributed by atoms with Gasteiger partial charge in [-0.2, -0.15) is 0 Å². The van der Waals surface area contributed by atoms with Gasteiger partial charge in [0.25, 0.3) is 0 Å². The lowest BCUT2D eigenvalue weighted by atomic mass is 9.46. The molecule has 1 aromatic rings. The molecule has 0 amide bonds. The van der Waals surface area contributed by atoms with E-state index >= 15 is 0 Å². The number of furan rings is 1. The van der Waals surface area contributed by atoms with Gasteiger partial charge in [-0.3, -0.25) is 0 Å². The fourth-order valence-electron chi connectivity index (χ4n) is 5.72. The van der Waals surface area contributed by atoms with Crippen LogP contribution in [0.4, 0.5) is 0 Å². The van der Waals surface area contributed by atoms with Crippen LogP contribution in [0.25, 0.3) is 0 Å². The van der Waals surface area contributed by atoms with Gasteiger partial charge in [0.05, 0.1) is 18.6 Å². The Hall–Kier alpha value is -1.02. The molecule has 0 aliphatic heterocycles. The number of allylic oxidation sites excluding steroid dienone is 1. The van der Waals surface area contributed by atoms with Gasteiger partial charge in [-0.1, -0.05) is 32.9 Å². The molecule has 2 fully saturated rings. The van der Waals surface area contributed by atoms with Crippen molar-refractivity contribution in [3.8, 4) is 0 Å². The molecule has 2 aliphatic rings. The summed E-state index contributed by atoms with van der Waals surface area (Å²) in [7, 11) is 0. The third-order valence-electron chi connectivity index (χ3n) is 6.52. The Morgan fingerprint density at radius 3 is 2.77 bits per heavy atom. The Morgan fingerprint density at radius 2 is 2.09 bits per heavy atom. The van der Waals surface area contributed by atoms with Crippen LogP contribution in [0.1, 0.15) is 58.4 Å². The molecule has 0 unspecified atom stereocenters.